The molecule has 2 N–H and O–H groups in total. The molecule has 0 aliphatic carbocycles. The molecule has 4 rings (SSSR count). The first-order valence-corrected chi connectivity index (χ1v) is 11.9. The highest BCUT2D eigenvalue weighted by atomic mass is 16.5. The highest BCUT2D eigenvalue weighted by molar-refractivity contribution is 6.07. The summed E-state index contributed by atoms with van der Waals surface area (Å²) in [5.74, 6) is -0.876. The number of anilines is 1. The molecule has 9 nitrogen and oxygen atoms in total. The summed E-state index contributed by atoms with van der Waals surface area (Å²) in [7, 11) is 1.84. The molecule has 2 aliphatic rings. The predicted molar refractivity (Wildman–Crippen MR) is 132 cm³/mol. The van der Waals surface area contributed by atoms with Crippen LogP contribution < -0.4 is 15.6 Å². The fraction of sp³-hybridized carbons (Fsp3) is 0.423. The van der Waals surface area contributed by atoms with Crippen molar-refractivity contribution in [3.05, 3.63) is 65.7 Å². The first kappa shape index (κ1) is 24.7. The number of carbonyl (C=O) groups is 3. The van der Waals surface area contributed by atoms with Gasteiger partial charge in [-0.3, -0.25) is 19.9 Å². The Morgan fingerprint density at radius 1 is 1.09 bits per heavy atom. The molecule has 1 unspecified atom stereocenters. The van der Waals surface area contributed by atoms with Crippen LogP contribution in [0.3, 0.4) is 0 Å². The fourth-order valence-electron chi connectivity index (χ4n) is 4.50. The van der Waals surface area contributed by atoms with Gasteiger partial charge in [-0.2, -0.15) is 5.01 Å². The minimum Gasteiger partial charge on any atom is -0.378 e. The lowest BCUT2D eigenvalue weighted by molar-refractivity contribution is -0.139. The molecule has 2 saturated heterocycles. The standard InChI is InChI=1S/C26H33N5O4/c1-26(13-12-20-8-4-3-5-9-20)24(33)31(25(34)27-26)28-23(32)19-29(2)18-21-10-6-7-11-22(21)30-14-16-35-17-15-30/h3-11H,12-19H2,1-2H3,(H,27,34)(H,28,32). The van der Waals surface area contributed by atoms with E-state index in [2.05, 4.69) is 27.8 Å². The van der Waals surface area contributed by atoms with Gasteiger partial charge in [0, 0.05) is 25.3 Å². The number of morpholine rings is 1. The SMILES string of the molecule is CN(CC(=O)NN1C(=O)NC(C)(CCc2ccccc2)C1=O)Cc1ccccc1N1CCOCC1. The number of aryl methyl sites for hydroxylation is 1. The number of amides is 4. The van der Waals surface area contributed by atoms with Gasteiger partial charge in [0.15, 0.2) is 0 Å². The maximum Gasteiger partial charge on any atom is 0.344 e. The first-order chi connectivity index (χ1) is 16.9. The van der Waals surface area contributed by atoms with E-state index >= 15 is 0 Å². The van der Waals surface area contributed by atoms with Crippen molar-refractivity contribution in [3.8, 4) is 0 Å². The summed E-state index contributed by atoms with van der Waals surface area (Å²) < 4.78 is 5.46. The summed E-state index contributed by atoms with van der Waals surface area (Å²) >= 11 is 0. The van der Waals surface area contributed by atoms with E-state index in [0.29, 0.717) is 32.6 Å². The van der Waals surface area contributed by atoms with Crippen LogP contribution in [0.4, 0.5) is 10.5 Å². The molecule has 2 aromatic rings. The molecule has 0 spiro atoms. The van der Waals surface area contributed by atoms with Crippen molar-refractivity contribution in [3.63, 3.8) is 0 Å². The van der Waals surface area contributed by atoms with E-state index in [1.165, 1.54) is 0 Å². The molecule has 2 aliphatic heterocycles. The highest BCUT2D eigenvalue weighted by Crippen LogP contribution is 2.24. The summed E-state index contributed by atoms with van der Waals surface area (Å²) in [6.45, 7) is 5.33. The van der Waals surface area contributed by atoms with E-state index in [9.17, 15) is 14.4 Å². The van der Waals surface area contributed by atoms with Crippen molar-refractivity contribution < 1.29 is 19.1 Å². The molecule has 2 fully saturated rings. The molecule has 0 radical (unpaired) electrons. The quantitative estimate of drug-likeness (QED) is 0.534. The van der Waals surface area contributed by atoms with E-state index in [-0.39, 0.29) is 6.54 Å². The van der Waals surface area contributed by atoms with Gasteiger partial charge in [-0.05, 0) is 44.0 Å². The normalized spacial score (nSPS) is 20.3. The molecule has 0 bridgehead atoms. The molecular formula is C26H33N5O4. The summed E-state index contributed by atoms with van der Waals surface area (Å²) in [5.41, 5.74) is 4.74. The Labute approximate surface area is 206 Å². The molecule has 35 heavy (non-hydrogen) atoms. The monoisotopic (exact) mass is 479 g/mol. The number of nitrogens with one attached hydrogen (secondary N) is 2. The van der Waals surface area contributed by atoms with Crippen molar-refractivity contribution in [2.75, 3.05) is 44.8 Å². The Hall–Kier alpha value is -3.43. The van der Waals surface area contributed by atoms with Gasteiger partial charge in [0.25, 0.3) is 11.8 Å². The van der Waals surface area contributed by atoms with Crippen molar-refractivity contribution in [1.29, 1.82) is 0 Å². The minimum absolute atomic E-state index is 0.0369. The number of likely N-dealkylation sites (N-methyl/N-ethyl adjacent to an activating group) is 1. The van der Waals surface area contributed by atoms with Gasteiger partial charge >= 0.3 is 6.03 Å². The number of para-hydroxylation sites is 1. The van der Waals surface area contributed by atoms with Gasteiger partial charge in [0.05, 0.1) is 19.8 Å². The number of hydrogen-bond donors (Lipinski definition) is 2. The summed E-state index contributed by atoms with van der Waals surface area (Å²) in [5, 5.41) is 3.54. The Bertz CT molecular complexity index is 1060. The average molecular weight is 480 g/mol. The molecule has 186 valence electrons. The molecule has 2 aromatic carbocycles. The average Bonchev–Trinajstić information content (AvgIpc) is 3.07. The second-order valence-electron chi connectivity index (χ2n) is 9.32. The number of hydrogen-bond acceptors (Lipinski definition) is 6. The van der Waals surface area contributed by atoms with Gasteiger partial charge in [0.1, 0.15) is 5.54 Å². The molecule has 2 heterocycles. The zero-order chi connectivity index (χ0) is 24.8. The lowest BCUT2D eigenvalue weighted by Crippen LogP contribution is -2.51. The van der Waals surface area contributed by atoms with Gasteiger partial charge in [-0.25, -0.2) is 4.79 Å². The van der Waals surface area contributed by atoms with Crippen LogP contribution in [0.15, 0.2) is 54.6 Å². The summed E-state index contributed by atoms with van der Waals surface area (Å²) in [4.78, 5) is 42.3. The molecular weight excluding hydrogens is 446 g/mol. The van der Waals surface area contributed by atoms with Gasteiger partial charge in [-0.15, -0.1) is 0 Å². The Kier molecular flexibility index (Phi) is 7.67. The van der Waals surface area contributed by atoms with Crippen LogP contribution in [0.25, 0.3) is 0 Å². The van der Waals surface area contributed by atoms with E-state index in [0.717, 1.165) is 34.9 Å². The smallest absolute Gasteiger partial charge is 0.344 e. The maximum absolute atomic E-state index is 13.0. The van der Waals surface area contributed by atoms with Crippen LogP contribution in [-0.4, -0.2) is 73.2 Å². The zero-order valence-corrected chi connectivity index (χ0v) is 20.3. The number of urea groups is 1. The first-order valence-electron chi connectivity index (χ1n) is 11.9. The number of rotatable bonds is 9. The topological polar surface area (TPSA) is 94.2 Å². The third-order valence-corrected chi connectivity index (χ3v) is 6.45. The largest absolute Gasteiger partial charge is 0.378 e. The lowest BCUT2D eigenvalue weighted by Gasteiger charge is -2.31. The fourth-order valence-corrected chi connectivity index (χ4v) is 4.50. The molecule has 0 saturated carbocycles. The third kappa shape index (κ3) is 5.98. The molecule has 0 aromatic heterocycles. The van der Waals surface area contributed by atoms with E-state index in [1.54, 1.807) is 6.92 Å². The van der Waals surface area contributed by atoms with Crippen LogP contribution in [0.1, 0.15) is 24.5 Å². The highest BCUT2D eigenvalue weighted by Gasteiger charge is 2.48. The van der Waals surface area contributed by atoms with E-state index < -0.39 is 23.4 Å². The van der Waals surface area contributed by atoms with Crippen molar-refractivity contribution in [2.45, 2.75) is 31.8 Å². The van der Waals surface area contributed by atoms with E-state index in [1.807, 2.05) is 54.4 Å². The maximum atomic E-state index is 13.0. The molecule has 1 atom stereocenters. The molecule has 9 heteroatoms. The molecule has 4 amide bonds. The Morgan fingerprint density at radius 2 is 1.77 bits per heavy atom. The number of carbonyl (C=O) groups excluding carboxylic acids is 3. The third-order valence-electron chi connectivity index (χ3n) is 6.45. The minimum atomic E-state index is -1.07. The van der Waals surface area contributed by atoms with Crippen LogP contribution in [-0.2, 0) is 27.3 Å². The number of benzene rings is 2. The second-order valence-corrected chi connectivity index (χ2v) is 9.32. The van der Waals surface area contributed by atoms with Crippen LogP contribution in [0.2, 0.25) is 0 Å². The Balaban J connectivity index is 1.32. The van der Waals surface area contributed by atoms with Crippen LogP contribution in [0.5, 0.6) is 0 Å². The second kappa shape index (κ2) is 10.9. The summed E-state index contributed by atoms with van der Waals surface area (Å²) in [6.07, 6.45) is 1.07. The van der Waals surface area contributed by atoms with E-state index in [4.69, 9.17) is 4.74 Å². The Morgan fingerprint density at radius 3 is 2.51 bits per heavy atom. The van der Waals surface area contributed by atoms with Crippen LogP contribution >= 0.6 is 0 Å². The van der Waals surface area contributed by atoms with Gasteiger partial charge < -0.3 is 15.0 Å². The predicted octanol–water partition coefficient (Wildman–Crippen LogP) is 1.93. The number of hydrazine groups is 1. The van der Waals surface area contributed by atoms with Crippen molar-refractivity contribution in [1.82, 2.24) is 20.7 Å². The van der Waals surface area contributed by atoms with Crippen molar-refractivity contribution >= 4 is 23.5 Å². The van der Waals surface area contributed by atoms with Gasteiger partial charge in [-0.1, -0.05) is 48.5 Å². The van der Waals surface area contributed by atoms with Gasteiger partial charge in [0.2, 0.25) is 0 Å². The number of ether oxygens (including phenoxy) is 1. The lowest BCUT2D eigenvalue weighted by atomic mass is 9.93. The zero-order valence-electron chi connectivity index (χ0n) is 20.3. The summed E-state index contributed by atoms with van der Waals surface area (Å²) in [6, 6.07) is 17.3. The van der Waals surface area contributed by atoms with Crippen molar-refractivity contribution in [2.24, 2.45) is 0 Å². The number of imide groups is 1. The van der Waals surface area contributed by atoms with Crippen LogP contribution in [0, 0.1) is 0 Å². The number of nitrogens with zero attached hydrogens (tertiary/aromatic N) is 3.